The van der Waals surface area contributed by atoms with E-state index < -0.39 is 36.1 Å². The van der Waals surface area contributed by atoms with Gasteiger partial charge in [0.1, 0.15) is 5.75 Å². The van der Waals surface area contributed by atoms with Gasteiger partial charge in [-0.3, -0.25) is 14.4 Å². The van der Waals surface area contributed by atoms with Gasteiger partial charge in [0.15, 0.2) is 6.61 Å². The molecule has 0 aliphatic rings. The quantitative estimate of drug-likeness (QED) is 0.318. The third-order valence-electron chi connectivity index (χ3n) is 3.80. The maximum atomic E-state index is 12.8. The van der Waals surface area contributed by atoms with Gasteiger partial charge in [0.05, 0.1) is 11.8 Å². The van der Waals surface area contributed by atoms with Crippen LogP contribution in [0.3, 0.4) is 0 Å². The van der Waals surface area contributed by atoms with Crippen molar-refractivity contribution in [2.24, 2.45) is 5.10 Å². The van der Waals surface area contributed by atoms with E-state index in [1.54, 1.807) is 13.8 Å². The number of nitrogens with one attached hydrogen (secondary N) is 3. The fourth-order valence-electron chi connectivity index (χ4n) is 2.40. The van der Waals surface area contributed by atoms with Crippen LogP contribution in [0.2, 0.25) is 5.02 Å². The number of rotatable bonds is 7. The molecule has 33 heavy (non-hydrogen) atoms. The Hall–Kier alpha value is -3.60. The molecule has 3 amide bonds. The molecule has 2 aromatic carbocycles. The summed E-state index contributed by atoms with van der Waals surface area (Å²) in [5, 5.41) is 8.69. The van der Waals surface area contributed by atoms with Gasteiger partial charge in [0.2, 0.25) is 0 Å². The number of nitrogens with zero attached hydrogens (tertiary/aromatic N) is 1. The highest BCUT2D eigenvalue weighted by atomic mass is 35.5. The summed E-state index contributed by atoms with van der Waals surface area (Å²) < 4.78 is 43.8. The average Bonchev–Trinajstić information content (AvgIpc) is 2.72. The molecule has 0 bridgehead atoms. The largest absolute Gasteiger partial charge is 0.483 e. The van der Waals surface area contributed by atoms with Gasteiger partial charge in [-0.15, -0.1) is 0 Å². The predicted molar refractivity (Wildman–Crippen MR) is 116 cm³/mol. The molecule has 0 aromatic heterocycles. The van der Waals surface area contributed by atoms with Gasteiger partial charge in [0, 0.05) is 22.3 Å². The van der Waals surface area contributed by atoms with Crippen LogP contribution in [0.1, 0.15) is 25.0 Å². The van der Waals surface area contributed by atoms with Crippen molar-refractivity contribution in [1.29, 1.82) is 0 Å². The number of carbonyl (C=O) groups is 3. The molecular weight excluding hydrogens is 465 g/mol. The van der Waals surface area contributed by atoms with Crippen molar-refractivity contribution in [2.45, 2.75) is 26.1 Å². The Balaban J connectivity index is 2.00. The summed E-state index contributed by atoms with van der Waals surface area (Å²) in [6.45, 7) is 2.85. The van der Waals surface area contributed by atoms with Crippen molar-refractivity contribution in [3.63, 3.8) is 0 Å². The number of alkyl halides is 3. The van der Waals surface area contributed by atoms with E-state index in [4.69, 9.17) is 16.3 Å². The maximum absolute atomic E-state index is 12.8. The minimum absolute atomic E-state index is 0.0429. The number of halogens is 4. The summed E-state index contributed by atoms with van der Waals surface area (Å²) in [5.41, 5.74) is 1.38. The first-order valence-electron chi connectivity index (χ1n) is 9.49. The third kappa shape index (κ3) is 8.45. The van der Waals surface area contributed by atoms with E-state index in [9.17, 15) is 27.6 Å². The molecule has 0 heterocycles. The van der Waals surface area contributed by atoms with Crippen LogP contribution in [0.4, 0.5) is 18.9 Å². The van der Waals surface area contributed by atoms with Crippen LogP contribution in [-0.4, -0.2) is 36.6 Å². The molecule has 12 heteroatoms. The molecule has 0 aliphatic heterocycles. The second-order valence-corrected chi connectivity index (χ2v) is 7.36. The van der Waals surface area contributed by atoms with Gasteiger partial charge in [-0.2, -0.15) is 18.3 Å². The van der Waals surface area contributed by atoms with E-state index in [0.717, 1.165) is 18.3 Å². The van der Waals surface area contributed by atoms with Gasteiger partial charge in [-0.25, -0.2) is 5.43 Å². The maximum Gasteiger partial charge on any atom is 0.416 e. The number of anilines is 1. The lowest BCUT2D eigenvalue weighted by molar-refractivity contribution is -0.139. The van der Waals surface area contributed by atoms with Gasteiger partial charge < -0.3 is 15.4 Å². The summed E-state index contributed by atoms with van der Waals surface area (Å²) in [6, 6.07) is 8.29. The number of carbonyl (C=O) groups excluding carboxylic acids is 3. The van der Waals surface area contributed by atoms with Crippen molar-refractivity contribution in [3.8, 4) is 5.75 Å². The lowest BCUT2D eigenvalue weighted by Crippen LogP contribution is -2.41. The minimum atomic E-state index is -4.54. The highest BCUT2D eigenvalue weighted by Crippen LogP contribution is 2.30. The van der Waals surface area contributed by atoms with E-state index >= 15 is 0 Å². The number of ether oxygens (including phenoxy) is 1. The monoisotopic (exact) mass is 484 g/mol. The van der Waals surface area contributed by atoms with Gasteiger partial charge in [-0.05, 0) is 50.2 Å². The molecule has 3 N–H and O–H groups in total. The third-order valence-corrected chi connectivity index (χ3v) is 4.04. The molecule has 2 rings (SSSR count). The first kappa shape index (κ1) is 25.7. The summed E-state index contributed by atoms with van der Waals surface area (Å²) in [6.07, 6.45) is -3.38. The number of amides is 3. The van der Waals surface area contributed by atoms with Gasteiger partial charge in [-0.1, -0.05) is 17.7 Å². The van der Waals surface area contributed by atoms with E-state index in [1.165, 1.54) is 30.3 Å². The number of hydrazone groups is 1. The summed E-state index contributed by atoms with van der Waals surface area (Å²) in [4.78, 5) is 35.4. The Kier molecular flexibility index (Phi) is 8.80. The Morgan fingerprint density at radius 2 is 1.85 bits per heavy atom. The lowest BCUT2D eigenvalue weighted by atomic mass is 10.2. The summed E-state index contributed by atoms with van der Waals surface area (Å²) in [5.74, 6) is -2.39. The van der Waals surface area contributed by atoms with Crippen LogP contribution in [0.15, 0.2) is 47.6 Å². The molecule has 0 aliphatic carbocycles. The zero-order valence-corrected chi connectivity index (χ0v) is 18.3. The van der Waals surface area contributed by atoms with Crippen LogP contribution in [0.25, 0.3) is 0 Å². The van der Waals surface area contributed by atoms with E-state index in [-0.39, 0.29) is 23.0 Å². The fraction of sp³-hybridized carbons (Fsp3) is 0.238. The SMILES string of the molecule is CC(C)NC(=O)C(=O)N/N=C\c1cc(Cl)ccc1OCC(=O)Nc1cccc(C(F)(F)F)c1. The predicted octanol–water partition coefficient (Wildman–Crippen LogP) is 3.35. The first-order chi connectivity index (χ1) is 15.5. The van der Waals surface area contributed by atoms with Gasteiger partial charge >= 0.3 is 18.0 Å². The molecule has 176 valence electrons. The van der Waals surface area contributed by atoms with Crippen LogP contribution < -0.4 is 20.8 Å². The molecule has 0 radical (unpaired) electrons. The molecule has 2 aromatic rings. The molecular formula is C21H20ClF3N4O4. The van der Waals surface area contributed by atoms with Crippen molar-refractivity contribution in [2.75, 3.05) is 11.9 Å². The zero-order valence-electron chi connectivity index (χ0n) is 17.5. The fourth-order valence-corrected chi connectivity index (χ4v) is 2.58. The summed E-state index contributed by atoms with van der Waals surface area (Å²) in [7, 11) is 0. The normalized spacial score (nSPS) is 11.4. The average molecular weight is 485 g/mol. The minimum Gasteiger partial charge on any atom is -0.483 e. The topological polar surface area (TPSA) is 109 Å². The highest BCUT2D eigenvalue weighted by Gasteiger charge is 2.30. The second kappa shape index (κ2) is 11.3. The first-order valence-corrected chi connectivity index (χ1v) is 9.87. The Morgan fingerprint density at radius 1 is 1.12 bits per heavy atom. The molecule has 0 fully saturated rings. The number of hydrogen-bond donors (Lipinski definition) is 3. The molecule has 0 saturated heterocycles. The van der Waals surface area contributed by atoms with Crippen molar-refractivity contribution in [1.82, 2.24) is 10.7 Å². The number of benzene rings is 2. The van der Waals surface area contributed by atoms with Gasteiger partial charge in [0.25, 0.3) is 5.91 Å². The van der Waals surface area contributed by atoms with Crippen molar-refractivity contribution in [3.05, 3.63) is 58.6 Å². The molecule has 0 saturated carbocycles. The smallest absolute Gasteiger partial charge is 0.416 e. The Bertz CT molecular complexity index is 1060. The van der Waals surface area contributed by atoms with Crippen molar-refractivity contribution < 1.29 is 32.3 Å². The van der Waals surface area contributed by atoms with Crippen LogP contribution in [-0.2, 0) is 20.6 Å². The van der Waals surface area contributed by atoms with Crippen molar-refractivity contribution >= 4 is 41.2 Å². The second-order valence-electron chi connectivity index (χ2n) is 6.92. The highest BCUT2D eigenvalue weighted by molar-refractivity contribution is 6.35. The molecule has 0 unspecified atom stereocenters. The van der Waals surface area contributed by atoms with E-state index in [1.807, 2.05) is 5.43 Å². The number of hydrogen-bond acceptors (Lipinski definition) is 5. The van der Waals surface area contributed by atoms with Crippen LogP contribution in [0.5, 0.6) is 5.75 Å². The molecule has 0 atom stereocenters. The summed E-state index contributed by atoms with van der Waals surface area (Å²) >= 11 is 5.95. The molecule has 8 nitrogen and oxygen atoms in total. The Morgan fingerprint density at radius 3 is 2.52 bits per heavy atom. The standard InChI is InChI=1S/C21H20ClF3N4O4/c1-12(2)27-19(31)20(32)29-26-10-13-8-15(22)6-7-17(13)33-11-18(30)28-16-5-3-4-14(9-16)21(23,24)25/h3-10,12H,11H2,1-2H3,(H,27,31)(H,28,30)(H,29,32)/b26-10-. The Labute approximate surface area is 192 Å². The lowest BCUT2D eigenvalue weighted by Gasteiger charge is -2.12. The molecule has 0 spiro atoms. The van der Waals surface area contributed by atoms with Crippen LogP contribution in [0, 0.1) is 0 Å². The zero-order chi connectivity index (χ0) is 24.6. The van der Waals surface area contributed by atoms with E-state index in [2.05, 4.69) is 15.7 Å². The van der Waals surface area contributed by atoms with E-state index in [0.29, 0.717) is 5.02 Å². The van der Waals surface area contributed by atoms with Crippen LogP contribution >= 0.6 is 11.6 Å².